The predicted octanol–water partition coefficient (Wildman–Crippen LogP) is 4.11. The Morgan fingerprint density at radius 1 is 1.15 bits per heavy atom. The van der Waals surface area contributed by atoms with Gasteiger partial charge < -0.3 is 15.0 Å². The normalized spacial score (nSPS) is 14.7. The molecule has 0 atom stereocenters. The molecule has 26 heavy (non-hydrogen) atoms. The molecule has 2 N–H and O–H groups in total. The lowest BCUT2D eigenvalue weighted by Gasteiger charge is -2.24. The van der Waals surface area contributed by atoms with Crippen LogP contribution in [0.15, 0.2) is 36.7 Å². The highest BCUT2D eigenvalue weighted by Crippen LogP contribution is 2.29. The molecule has 4 rings (SSSR count). The van der Waals surface area contributed by atoms with Gasteiger partial charge in [-0.1, -0.05) is 31.2 Å². The molecule has 0 saturated heterocycles. The van der Waals surface area contributed by atoms with Crippen LogP contribution in [0.3, 0.4) is 0 Å². The number of nitrogens with zero attached hydrogens (tertiary/aromatic N) is 2. The van der Waals surface area contributed by atoms with E-state index < -0.39 is 0 Å². The SMILES string of the molecule is COc1cccc(C#Cc2cnc3[nH]ccc3c2NC2CCCCC2)n1. The topological polar surface area (TPSA) is 62.8 Å². The van der Waals surface area contributed by atoms with Crippen LogP contribution in [0.25, 0.3) is 11.0 Å². The van der Waals surface area contributed by atoms with Crippen molar-refractivity contribution in [3.8, 4) is 17.7 Å². The fourth-order valence-corrected chi connectivity index (χ4v) is 3.44. The molecule has 5 nitrogen and oxygen atoms in total. The molecule has 1 saturated carbocycles. The van der Waals surface area contributed by atoms with Crippen LogP contribution >= 0.6 is 0 Å². The van der Waals surface area contributed by atoms with Crippen LogP contribution in [-0.2, 0) is 0 Å². The van der Waals surface area contributed by atoms with E-state index in [9.17, 15) is 0 Å². The number of hydrogen-bond acceptors (Lipinski definition) is 4. The molecule has 0 spiro atoms. The predicted molar refractivity (Wildman–Crippen MR) is 103 cm³/mol. The van der Waals surface area contributed by atoms with E-state index in [0.717, 1.165) is 22.3 Å². The summed E-state index contributed by atoms with van der Waals surface area (Å²) in [6.07, 6.45) is 10.1. The highest BCUT2D eigenvalue weighted by Gasteiger charge is 2.16. The Balaban J connectivity index is 1.70. The van der Waals surface area contributed by atoms with E-state index in [1.807, 2.05) is 30.6 Å². The summed E-state index contributed by atoms with van der Waals surface area (Å²) in [6, 6.07) is 8.15. The van der Waals surface area contributed by atoms with Crippen LogP contribution in [0.1, 0.15) is 43.4 Å². The summed E-state index contributed by atoms with van der Waals surface area (Å²) in [4.78, 5) is 12.0. The van der Waals surface area contributed by atoms with Crippen LogP contribution in [0.2, 0.25) is 0 Å². The van der Waals surface area contributed by atoms with E-state index in [-0.39, 0.29) is 0 Å². The average Bonchev–Trinajstić information content (AvgIpc) is 3.17. The van der Waals surface area contributed by atoms with Gasteiger partial charge >= 0.3 is 0 Å². The second-order valence-electron chi connectivity index (χ2n) is 6.58. The maximum absolute atomic E-state index is 5.17. The Labute approximate surface area is 153 Å². The third-order valence-corrected chi connectivity index (χ3v) is 4.80. The first-order chi connectivity index (χ1) is 12.8. The summed E-state index contributed by atoms with van der Waals surface area (Å²) in [5.74, 6) is 6.95. The number of nitrogens with one attached hydrogen (secondary N) is 2. The van der Waals surface area contributed by atoms with Gasteiger partial charge in [0, 0.05) is 29.9 Å². The highest BCUT2D eigenvalue weighted by atomic mass is 16.5. The summed E-state index contributed by atoms with van der Waals surface area (Å²) < 4.78 is 5.17. The number of rotatable bonds is 3. The largest absolute Gasteiger partial charge is 0.481 e. The maximum atomic E-state index is 5.17. The van der Waals surface area contributed by atoms with E-state index in [1.54, 1.807) is 7.11 Å². The molecule has 0 aliphatic heterocycles. The summed E-state index contributed by atoms with van der Waals surface area (Å²) in [6.45, 7) is 0. The van der Waals surface area contributed by atoms with Gasteiger partial charge in [0.2, 0.25) is 5.88 Å². The number of ether oxygens (including phenoxy) is 1. The van der Waals surface area contributed by atoms with Gasteiger partial charge in [0.05, 0.1) is 18.4 Å². The molecule has 3 aromatic rings. The molecule has 0 aromatic carbocycles. The molecule has 132 valence electrons. The number of aromatic amines is 1. The van der Waals surface area contributed by atoms with Crippen LogP contribution in [0.5, 0.6) is 5.88 Å². The Morgan fingerprint density at radius 2 is 2.04 bits per heavy atom. The molecule has 1 fully saturated rings. The van der Waals surface area contributed by atoms with Crippen LogP contribution < -0.4 is 10.1 Å². The van der Waals surface area contributed by atoms with E-state index in [0.29, 0.717) is 17.6 Å². The first kappa shape index (κ1) is 16.5. The number of anilines is 1. The number of aromatic nitrogens is 3. The van der Waals surface area contributed by atoms with E-state index in [2.05, 4.69) is 38.2 Å². The molecular formula is C21H22N4O. The number of H-pyrrole nitrogens is 1. The van der Waals surface area contributed by atoms with E-state index in [4.69, 9.17) is 4.74 Å². The third-order valence-electron chi connectivity index (χ3n) is 4.80. The van der Waals surface area contributed by atoms with E-state index >= 15 is 0 Å². The maximum Gasteiger partial charge on any atom is 0.214 e. The Hall–Kier alpha value is -3.00. The van der Waals surface area contributed by atoms with Gasteiger partial charge in [0.15, 0.2) is 0 Å². The zero-order chi connectivity index (χ0) is 17.8. The molecule has 5 heteroatoms. The van der Waals surface area contributed by atoms with Crippen molar-refractivity contribution < 1.29 is 4.74 Å². The number of methoxy groups -OCH3 is 1. The smallest absolute Gasteiger partial charge is 0.214 e. The minimum atomic E-state index is 0.500. The lowest BCUT2D eigenvalue weighted by Crippen LogP contribution is -2.22. The number of hydrogen-bond donors (Lipinski definition) is 2. The minimum Gasteiger partial charge on any atom is -0.481 e. The standard InChI is InChI=1S/C21H22N4O/c1-26-19-9-5-8-17(24-19)11-10-15-14-23-21-18(12-13-22-21)20(15)25-16-6-3-2-4-7-16/h5,8-9,12-14,16H,2-4,6-7H2,1H3,(H2,22,23,25). The van der Waals surface area contributed by atoms with Gasteiger partial charge in [0.1, 0.15) is 11.3 Å². The molecular weight excluding hydrogens is 324 g/mol. The lowest BCUT2D eigenvalue weighted by atomic mass is 9.95. The summed E-state index contributed by atoms with van der Waals surface area (Å²) in [7, 11) is 1.61. The van der Waals surface area contributed by atoms with Crippen LogP contribution in [0, 0.1) is 11.8 Å². The monoisotopic (exact) mass is 346 g/mol. The zero-order valence-electron chi connectivity index (χ0n) is 14.9. The van der Waals surface area contributed by atoms with Crippen molar-refractivity contribution in [1.82, 2.24) is 15.0 Å². The summed E-state index contributed by atoms with van der Waals surface area (Å²) >= 11 is 0. The van der Waals surface area contributed by atoms with Crippen molar-refractivity contribution in [1.29, 1.82) is 0 Å². The van der Waals surface area contributed by atoms with Crippen LogP contribution in [0.4, 0.5) is 5.69 Å². The Morgan fingerprint density at radius 3 is 2.88 bits per heavy atom. The fourth-order valence-electron chi connectivity index (χ4n) is 3.44. The van der Waals surface area contributed by atoms with Crippen LogP contribution in [-0.4, -0.2) is 28.1 Å². The van der Waals surface area contributed by atoms with Gasteiger partial charge in [-0.3, -0.25) is 0 Å². The van der Waals surface area contributed by atoms with Crippen molar-refractivity contribution in [3.63, 3.8) is 0 Å². The van der Waals surface area contributed by atoms with Crippen molar-refractivity contribution in [2.75, 3.05) is 12.4 Å². The van der Waals surface area contributed by atoms with Gasteiger partial charge in [-0.15, -0.1) is 0 Å². The second-order valence-corrected chi connectivity index (χ2v) is 6.58. The molecule has 1 aliphatic rings. The second kappa shape index (κ2) is 7.49. The Kier molecular flexibility index (Phi) is 4.74. The lowest BCUT2D eigenvalue weighted by molar-refractivity contribution is 0.397. The zero-order valence-corrected chi connectivity index (χ0v) is 14.9. The first-order valence-electron chi connectivity index (χ1n) is 9.09. The molecule has 0 radical (unpaired) electrons. The van der Waals surface area contributed by atoms with Crippen molar-refractivity contribution in [2.24, 2.45) is 0 Å². The molecule has 3 aromatic heterocycles. The Bertz CT molecular complexity index is 961. The minimum absolute atomic E-state index is 0.500. The molecule has 0 unspecified atom stereocenters. The van der Waals surface area contributed by atoms with Gasteiger partial charge in [0.25, 0.3) is 0 Å². The van der Waals surface area contributed by atoms with Crippen molar-refractivity contribution >= 4 is 16.7 Å². The first-order valence-corrected chi connectivity index (χ1v) is 9.09. The summed E-state index contributed by atoms with van der Waals surface area (Å²) in [5.41, 5.74) is 3.53. The quantitative estimate of drug-likeness (QED) is 0.701. The van der Waals surface area contributed by atoms with E-state index in [1.165, 1.54) is 32.1 Å². The molecule has 1 aliphatic carbocycles. The van der Waals surface area contributed by atoms with Gasteiger partial charge in [-0.05, 0) is 30.9 Å². The van der Waals surface area contributed by atoms with Gasteiger partial charge in [-0.25, -0.2) is 9.97 Å². The van der Waals surface area contributed by atoms with Gasteiger partial charge in [-0.2, -0.15) is 0 Å². The van der Waals surface area contributed by atoms with Crippen molar-refractivity contribution in [3.05, 3.63) is 47.9 Å². The molecule has 3 heterocycles. The number of fused-ring (bicyclic) bond motifs is 1. The average molecular weight is 346 g/mol. The fraction of sp³-hybridized carbons (Fsp3) is 0.333. The molecule has 0 bridgehead atoms. The molecule has 0 amide bonds. The third kappa shape index (κ3) is 3.50. The summed E-state index contributed by atoms with van der Waals surface area (Å²) in [5, 5.41) is 4.81. The highest BCUT2D eigenvalue weighted by molar-refractivity contribution is 5.92. The van der Waals surface area contributed by atoms with Crippen molar-refractivity contribution in [2.45, 2.75) is 38.1 Å². The number of pyridine rings is 2.